The molecule has 6 nitrogen and oxygen atoms in total. The molecule has 0 aromatic carbocycles. The maximum absolute atomic E-state index is 11.5. The Kier molecular flexibility index (Phi) is 10.0. The number of ether oxygens (including phenoxy) is 1. The molecule has 0 aromatic heterocycles. The van der Waals surface area contributed by atoms with Gasteiger partial charge in [0.2, 0.25) is 0 Å². The summed E-state index contributed by atoms with van der Waals surface area (Å²) in [6.07, 6.45) is 3.27. The van der Waals surface area contributed by atoms with Crippen LogP contribution >= 0.6 is 0 Å². The summed E-state index contributed by atoms with van der Waals surface area (Å²) in [5, 5.41) is 14.0. The van der Waals surface area contributed by atoms with Crippen molar-refractivity contribution in [2.75, 3.05) is 20.3 Å². The highest BCUT2D eigenvalue weighted by Gasteiger charge is 2.08. The molecule has 0 aliphatic carbocycles. The lowest BCUT2D eigenvalue weighted by atomic mass is 10.2. The highest BCUT2D eigenvalue weighted by atomic mass is 16.5. The molecule has 2 amide bonds. The number of hydrogen-bond acceptors (Lipinski definition) is 3. The van der Waals surface area contributed by atoms with Crippen LogP contribution in [0.3, 0.4) is 0 Å². The Morgan fingerprint density at radius 3 is 2.56 bits per heavy atom. The Morgan fingerprint density at radius 2 is 2.00 bits per heavy atom. The first kappa shape index (κ1) is 16.7. The molecule has 0 aliphatic heterocycles. The van der Waals surface area contributed by atoms with Gasteiger partial charge in [0.05, 0.1) is 12.6 Å². The fourth-order valence-corrected chi connectivity index (χ4v) is 1.48. The Labute approximate surface area is 108 Å². The third-order valence-corrected chi connectivity index (χ3v) is 2.55. The monoisotopic (exact) mass is 260 g/mol. The van der Waals surface area contributed by atoms with Gasteiger partial charge < -0.3 is 20.5 Å². The molecule has 0 fully saturated rings. The van der Waals surface area contributed by atoms with Gasteiger partial charge in [0.25, 0.3) is 0 Å². The van der Waals surface area contributed by atoms with Gasteiger partial charge in [-0.05, 0) is 19.3 Å². The lowest BCUT2D eigenvalue weighted by Crippen LogP contribution is -2.44. The number of aliphatic carboxylic acids is 1. The van der Waals surface area contributed by atoms with Crippen molar-refractivity contribution in [2.24, 2.45) is 0 Å². The normalized spacial score (nSPS) is 11.9. The molecular formula is C12H24N2O4. The molecule has 0 heterocycles. The van der Waals surface area contributed by atoms with Crippen LogP contribution in [0.2, 0.25) is 0 Å². The van der Waals surface area contributed by atoms with Crippen LogP contribution < -0.4 is 10.6 Å². The molecule has 0 rings (SSSR count). The molecule has 3 N–H and O–H groups in total. The number of nitrogens with one attached hydrogen (secondary N) is 2. The summed E-state index contributed by atoms with van der Waals surface area (Å²) in [5.74, 6) is -0.772. The Hall–Kier alpha value is -1.30. The van der Waals surface area contributed by atoms with Crippen molar-refractivity contribution >= 4 is 12.0 Å². The van der Waals surface area contributed by atoms with Crippen LogP contribution in [0.5, 0.6) is 0 Å². The van der Waals surface area contributed by atoms with E-state index in [4.69, 9.17) is 9.84 Å². The van der Waals surface area contributed by atoms with Gasteiger partial charge in [-0.3, -0.25) is 4.79 Å². The Morgan fingerprint density at radius 1 is 1.28 bits per heavy atom. The highest BCUT2D eigenvalue weighted by molar-refractivity contribution is 5.74. The third-order valence-electron chi connectivity index (χ3n) is 2.55. The van der Waals surface area contributed by atoms with E-state index in [9.17, 15) is 9.59 Å². The number of hydrogen-bond donors (Lipinski definition) is 3. The Balaban J connectivity index is 3.49. The fourth-order valence-electron chi connectivity index (χ4n) is 1.48. The summed E-state index contributed by atoms with van der Waals surface area (Å²) in [6, 6.07) is -0.167. The summed E-state index contributed by atoms with van der Waals surface area (Å²) < 4.78 is 4.98. The summed E-state index contributed by atoms with van der Waals surface area (Å²) >= 11 is 0. The second-order valence-electron chi connectivity index (χ2n) is 4.17. The minimum absolute atomic E-state index is 0.0296. The lowest BCUT2D eigenvalue weighted by Gasteiger charge is -2.16. The molecule has 0 bridgehead atoms. The van der Waals surface area contributed by atoms with Crippen LogP contribution in [-0.2, 0) is 9.53 Å². The minimum atomic E-state index is -0.772. The van der Waals surface area contributed by atoms with Crippen LogP contribution in [0.4, 0.5) is 4.79 Å². The molecule has 6 heteroatoms. The third kappa shape index (κ3) is 9.89. The van der Waals surface area contributed by atoms with Gasteiger partial charge in [-0.25, -0.2) is 4.79 Å². The first-order valence-corrected chi connectivity index (χ1v) is 6.35. The van der Waals surface area contributed by atoms with E-state index < -0.39 is 5.97 Å². The van der Waals surface area contributed by atoms with Gasteiger partial charge in [0.1, 0.15) is 0 Å². The lowest BCUT2D eigenvalue weighted by molar-refractivity contribution is -0.137. The van der Waals surface area contributed by atoms with E-state index in [0.717, 1.165) is 19.3 Å². The van der Waals surface area contributed by atoms with Gasteiger partial charge in [0.15, 0.2) is 0 Å². The molecule has 1 atom stereocenters. The predicted molar refractivity (Wildman–Crippen MR) is 68.6 cm³/mol. The number of carbonyl (C=O) groups excluding carboxylic acids is 1. The molecule has 106 valence electrons. The average Bonchev–Trinajstić information content (AvgIpc) is 2.32. The van der Waals surface area contributed by atoms with E-state index in [2.05, 4.69) is 10.6 Å². The van der Waals surface area contributed by atoms with Crippen molar-refractivity contribution in [3.8, 4) is 0 Å². The van der Waals surface area contributed by atoms with Crippen molar-refractivity contribution in [1.29, 1.82) is 0 Å². The zero-order valence-electron chi connectivity index (χ0n) is 11.2. The standard InChI is InChI=1S/C12H24N2O4/c1-3-10(9-18-2)14-12(17)13-8-6-4-5-7-11(15)16/h10H,3-9H2,1-2H3,(H,15,16)(H2,13,14,17). The highest BCUT2D eigenvalue weighted by Crippen LogP contribution is 1.98. The summed E-state index contributed by atoms with van der Waals surface area (Å²) in [4.78, 5) is 21.7. The number of unbranched alkanes of at least 4 members (excludes halogenated alkanes) is 2. The van der Waals surface area contributed by atoms with Crippen LogP contribution in [0, 0.1) is 0 Å². The van der Waals surface area contributed by atoms with Crippen LogP contribution in [0.25, 0.3) is 0 Å². The topological polar surface area (TPSA) is 87.7 Å². The maximum atomic E-state index is 11.5. The Bertz CT molecular complexity index is 246. The number of amides is 2. The van der Waals surface area contributed by atoms with Gasteiger partial charge in [-0.1, -0.05) is 13.3 Å². The largest absolute Gasteiger partial charge is 0.481 e. The molecule has 0 aliphatic rings. The van der Waals surface area contributed by atoms with E-state index in [1.807, 2.05) is 6.92 Å². The maximum Gasteiger partial charge on any atom is 0.315 e. The molecule has 0 saturated carbocycles. The van der Waals surface area contributed by atoms with Crippen LogP contribution in [0.1, 0.15) is 39.0 Å². The molecule has 0 spiro atoms. The summed E-state index contributed by atoms with van der Waals surface area (Å²) in [5.41, 5.74) is 0. The fraction of sp³-hybridized carbons (Fsp3) is 0.833. The number of carboxylic acids is 1. The molecule has 0 aromatic rings. The van der Waals surface area contributed by atoms with Gasteiger partial charge in [-0.2, -0.15) is 0 Å². The second kappa shape index (κ2) is 10.8. The van der Waals surface area contributed by atoms with E-state index >= 15 is 0 Å². The van der Waals surface area contributed by atoms with Crippen molar-refractivity contribution in [1.82, 2.24) is 10.6 Å². The van der Waals surface area contributed by atoms with Gasteiger partial charge in [0, 0.05) is 20.1 Å². The van der Waals surface area contributed by atoms with Crippen molar-refractivity contribution in [2.45, 2.75) is 45.1 Å². The zero-order chi connectivity index (χ0) is 13.8. The van der Waals surface area contributed by atoms with Crippen LogP contribution in [-0.4, -0.2) is 43.4 Å². The molecule has 1 unspecified atom stereocenters. The van der Waals surface area contributed by atoms with Crippen LogP contribution in [0.15, 0.2) is 0 Å². The molecule has 0 radical (unpaired) electrons. The number of methoxy groups -OCH3 is 1. The second-order valence-corrected chi connectivity index (χ2v) is 4.17. The number of carboxylic acid groups (broad SMARTS) is 1. The minimum Gasteiger partial charge on any atom is -0.481 e. The van der Waals surface area contributed by atoms with Gasteiger partial charge in [-0.15, -0.1) is 0 Å². The van der Waals surface area contributed by atoms with Crippen molar-refractivity contribution < 1.29 is 19.4 Å². The smallest absolute Gasteiger partial charge is 0.315 e. The average molecular weight is 260 g/mol. The molecular weight excluding hydrogens is 236 g/mol. The number of carbonyl (C=O) groups is 2. The predicted octanol–water partition coefficient (Wildman–Crippen LogP) is 1.36. The SMILES string of the molecule is CCC(COC)NC(=O)NCCCCCC(=O)O. The van der Waals surface area contributed by atoms with E-state index in [1.54, 1.807) is 7.11 Å². The van der Waals surface area contributed by atoms with Crippen molar-refractivity contribution in [3.05, 3.63) is 0 Å². The number of rotatable bonds is 10. The first-order chi connectivity index (χ1) is 8.60. The molecule has 0 saturated heterocycles. The van der Waals surface area contributed by atoms with E-state index in [0.29, 0.717) is 19.6 Å². The summed E-state index contributed by atoms with van der Waals surface area (Å²) in [7, 11) is 1.60. The van der Waals surface area contributed by atoms with E-state index in [1.165, 1.54) is 0 Å². The summed E-state index contributed by atoms with van der Waals surface area (Å²) in [6.45, 7) is 3.05. The first-order valence-electron chi connectivity index (χ1n) is 6.35. The van der Waals surface area contributed by atoms with Crippen molar-refractivity contribution in [3.63, 3.8) is 0 Å². The van der Waals surface area contributed by atoms with Gasteiger partial charge >= 0.3 is 12.0 Å². The quantitative estimate of drug-likeness (QED) is 0.517. The number of urea groups is 1. The molecule has 18 heavy (non-hydrogen) atoms. The zero-order valence-corrected chi connectivity index (χ0v) is 11.2. The van der Waals surface area contributed by atoms with E-state index in [-0.39, 0.29) is 18.5 Å².